The average molecular weight is 305 g/mol. The standard InChI is InChI=1S/C15H19N3O2S/c1-12-6-3-4-7-13(12)11-18(2)21(19,20)15-8-5-9-17-14(15)10-16/h3-9H,10-11,16H2,1-2H3. The fourth-order valence-electron chi connectivity index (χ4n) is 2.09. The maximum Gasteiger partial charge on any atom is 0.244 e. The molecule has 1 aromatic heterocycles. The number of aromatic nitrogens is 1. The van der Waals surface area contributed by atoms with Gasteiger partial charge in [0.2, 0.25) is 10.0 Å². The molecule has 0 aliphatic heterocycles. The molecule has 6 heteroatoms. The van der Waals surface area contributed by atoms with E-state index in [1.807, 2.05) is 31.2 Å². The minimum Gasteiger partial charge on any atom is -0.325 e. The van der Waals surface area contributed by atoms with Crippen LogP contribution in [0.4, 0.5) is 0 Å². The lowest BCUT2D eigenvalue weighted by molar-refractivity contribution is 0.464. The minimum atomic E-state index is -3.61. The van der Waals surface area contributed by atoms with E-state index in [0.29, 0.717) is 12.2 Å². The maximum absolute atomic E-state index is 12.7. The van der Waals surface area contributed by atoms with Crippen LogP contribution in [0.5, 0.6) is 0 Å². The van der Waals surface area contributed by atoms with Crippen molar-refractivity contribution < 1.29 is 8.42 Å². The molecule has 0 amide bonds. The van der Waals surface area contributed by atoms with E-state index in [1.54, 1.807) is 25.4 Å². The summed E-state index contributed by atoms with van der Waals surface area (Å²) in [4.78, 5) is 4.21. The van der Waals surface area contributed by atoms with Gasteiger partial charge in [-0.25, -0.2) is 8.42 Å². The van der Waals surface area contributed by atoms with Crippen molar-refractivity contribution in [2.45, 2.75) is 24.9 Å². The monoisotopic (exact) mass is 305 g/mol. The van der Waals surface area contributed by atoms with Crippen molar-refractivity contribution >= 4 is 10.0 Å². The smallest absolute Gasteiger partial charge is 0.244 e. The van der Waals surface area contributed by atoms with Gasteiger partial charge in [0.25, 0.3) is 0 Å². The van der Waals surface area contributed by atoms with Gasteiger partial charge < -0.3 is 5.73 Å². The molecule has 1 heterocycles. The molecule has 0 saturated heterocycles. The molecule has 0 fully saturated rings. The maximum atomic E-state index is 12.7. The second-order valence-corrected chi connectivity index (χ2v) is 6.85. The van der Waals surface area contributed by atoms with Crippen LogP contribution in [0, 0.1) is 6.92 Å². The molecular formula is C15H19N3O2S. The molecule has 1 aromatic carbocycles. The van der Waals surface area contributed by atoms with E-state index in [-0.39, 0.29) is 11.4 Å². The molecular weight excluding hydrogens is 286 g/mol. The number of sulfonamides is 1. The number of aryl methyl sites for hydroxylation is 1. The molecule has 0 bridgehead atoms. The summed E-state index contributed by atoms with van der Waals surface area (Å²) in [5.74, 6) is 0. The zero-order chi connectivity index (χ0) is 15.5. The number of rotatable bonds is 5. The molecule has 0 spiro atoms. The first-order valence-electron chi connectivity index (χ1n) is 6.61. The van der Waals surface area contributed by atoms with E-state index < -0.39 is 10.0 Å². The zero-order valence-corrected chi connectivity index (χ0v) is 13.0. The SMILES string of the molecule is Cc1ccccc1CN(C)S(=O)(=O)c1cccnc1CN. The Labute approximate surface area is 125 Å². The number of nitrogens with zero attached hydrogens (tertiary/aromatic N) is 2. The summed E-state index contributed by atoms with van der Waals surface area (Å²) in [7, 11) is -2.04. The topological polar surface area (TPSA) is 76.3 Å². The average Bonchev–Trinajstić information content (AvgIpc) is 2.49. The highest BCUT2D eigenvalue weighted by Crippen LogP contribution is 2.20. The molecule has 0 atom stereocenters. The normalized spacial score (nSPS) is 11.8. The molecule has 0 radical (unpaired) electrons. The van der Waals surface area contributed by atoms with Crippen LogP contribution in [0.3, 0.4) is 0 Å². The van der Waals surface area contributed by atoms with Crippen molar-refractivity contribution in [2.24, 2.45) is 5.73 Å². The van der Waals surface area contributed by atoms with Gasteiger partial charge in [0.05, 0.1) is 5.69 Å². The first-order valence-corrected chi connectivity index (χ1v) is 8.05. The van der Waals surface area contributed by atoms with Crippen LogP contribution < -0.4 is 5.73 Å². The summed E-state index contributed by atoms with van der Waals surface area (Å²) in [5.41, 5.74) is 8.00. The summed E-state index contributed by atoms with van der Waals surface area (Å²) < 4.78 is 26.6. The Morgan fingerprint density at radius 1 is 1.19 bits per heavy atom. The Kier molecular flexibility index (Phi) is 4.72. The molecule has 2 rings (SSSR count). The lowest BCUT2D eigenvalue weighted by Gasteiger charge is -2.19. The Morgan fingerprint density at radius 2 is 1.90 bits per heavy atom. The van der Waals surface area contributed by atoms with Gasteiger partial charge in [-0.3, -0.25) is 4.98 Å². The van der Waals surface area contributed by atoms with Gasteiger partial charge in [-0.15, -0.1) is 0 Å². The Morgan fingerprint density at radius 3 is 2.57 bits per heavy atom. The number of pyridine rings is 1. The number of benzene rings is 1. The predicted octanol–water partition coefficient (Wildman–Crippen LogP) is 1.67. The van der Waals surface area contributed by atoms with E-state index in [2.05, 4.69) is 4.98 Å². The van der Waals surface area contributed by atoms with Crippen molar-refractivity contribution in [1.82, 2.24) is 9.29 Å². The van der Waals surface area contributed by atoms with Crippen LogP contribution in [-0.2, 0) is 23.1 Å². The number of hydrogen-bond donors (Lipinski definition) is 1. The molecule has 21 heavy (non-hydrogen) atoms. The third kappa shape index (κ3) is 3.29. The van der Waals surface area contributed by atoms with Gasteiger partial charge >= 0.3 is 0 Å². The van der Waals surface area contributed by atoms with Crippen molar-refractivity contribution in [1.29, 1.82) is 0 Å². The van der Waals surface area contributed by atoms with Crippen LogP contribution >= 0.6 is 0 Å². The van der Waals surface area contributed by atoms with Crippen LogP contribution in [0.2, 0.25) is 0 Å². The van der Waals surface area contributed by atoms with Gasteiger partial charge in [0, 0.05) is 26.3 Å². The van der Waals surface area contributed by atoms with E-state index in [1.165, 1.54) is 4.31 Å². The van der Waals surface area contributed by atoms with Crippen molar-refractivity contribution in [3.63, 3.8) is 0 Å². The van der Waals surface area contributed by atoms with Crippen molar-refractivity contribution in [3.8, 4) is 0 Å². The van der Waals surface area contributed by atoms with Crippen LogP contribution in [0.25, 0.3) is 0 Å². The van der Waals surface area contributed by atoms with E-state index in [9.17, 15) is 8.42 Å². The molecule has 0 aliphatic carbocycles. The molecule has 0 unspecified atom stereocenters. The zero-order valence-electron chi connectivity index (χ0n) is 12.2. The molecule has 2 aromatic rings. The quantitative estimate of drug-likeness (QED) is 0.911. The molecule has 0 saturated carbocycles. The van der Waals surface area contributed by atoms with E-state index in [0.717, 1.165) is 11.1 Å². The Balaban J connectivity index is 2.33. The Bertz CT molecular complexity index is 729. The minimum absolute atomic E-state index is 0.0909. The highest BCUT2D eigenvalue weighted by atomic mass is 32.2. The van der Waals surface area contributed by atoms with E-state index in [4.69, 9.17) is 5.73 Å². The molecule has 0 aliphatic rings. The second kappa shape index (κ2) is 6.34. The van der Waals surface area contributed by atoms with Crippen molar-refractivity contribution in [2.75, 3.05) is 7.05 Å². The third-order valence-corrected chi connectivity index (χ3v) is 5.26. The predicted molar refractivity (Wildman–Crippen MR) is 82.0 cm³/mol. The van der Waals surface area contributed by atoms with Gasteiger partial charge in [0.1, 0.15) is 4.90 Å². The fraction of sp³-hybridized carbons (Fsp3) is 0.267. The molecule has 112 valence electrons. The molecule has 5 nitrogen and oxygen atoms in total. The lowest BCUT2D eigenvalue weighted by atomic mass is 10.1. The van der Waals surface area contributed by atoms with Gasteiger partial charge in [-0.1, -0.05) is 24.3 Å². The summed E-state index contributed by atoms with van der Waals surface area (Å²) >= 11 is 0. The van der Waals surface area contributed by atoms with E-state index >= 15 is 0 Å². The highest BCUT2D eigenvalue weighted by molar-refractivity contribution is 7.89. The first kappa shape index (κ1) is 15.6. The van der Waals surface area contributed by atoms with Gasteiger partial charge in [-0.05, 0) is 30.2 Å². The van der Waals surface area contributed by atoms with Gasteiger partial charge in [-0.2, -0.15) is 4.31 Å². The largest absolute Gasteiger partial charge is 0.325 e. The Hall–Kier alpha value is -1.76. The fourth-order valence-corrected chi connectivity index (χ4v) is 3.42. The van der Waals surface area contributed by atoms with Gasteiger partial charge in [0.15, 0.2) is 0 Å². The lowest BCUT2D eigenvalue weighted by Crippen LogP contribution is -2.28. The van der Waals surface area contributed by atoms with Crippen LogP contribution in [0.15, 0.2) is 47.5 Å². The summed E-state index contributed by atoms with van der Waals surface area (Å²) in [5, 5.41) is 0. The van der Waals surface area contributed by atoms with Crippen LogP contribution in [-0.4, -0.2) is 24.8 Å². The summed E-state index contributed by atoms with van der Waals surface area (Å²) in [6, 6.07) is 10.9. The molecule has 2 N–H and O–H groups in total. The van der Waals surface area contributed by atoms with Crippen LogP contribution in [0.1, 0.15) is 16.8 Å². The highest BCUT2D eigenvalue weighted by Gasteiger charge is 2.24. The third-order valence-electron chi connectivity index (χ3n) is 3.38. The first-order chi connectivity index (χ1) is 9.96. The summed E-state index contributed by atoms with van der Waals surface area (Å²) in [6.07, 6.45) is 1.54. The number of hydrogen-bond acceptors (Lipinski definition) is 4. The second-order valence-electron chi connectivity index (χ2n) is 4.84. The summed E-state index contributed by atoms with van der Waals surface area (Å²) in [6.45, 7) is 2.37. The van der Waals surface area contributed by atoms with Crippen molar-refractivity contribution in [3.05, 3.63) is 59.4 Å². The number of nitrogens with two attached hydrogens (primary N) is 1.